The van der Waals surface area contributed by atoms with Crippen LogP contribution in [0.1, 0.15) is 57.7 Å². The SMILES string of the molecule is CCOC1CCN(C(=NC)NCCCc2nc(C(C)C)no2)CC1.I. The molecule has 0 radical (unpaired) electrons. The van der Waals surface area contributed by atoms with Gasteiger partial charge in [-0.3, -0.25) is 4.99 Å². The van der Waals surface area contributed by atoms with E-state index in [1.165, 1.54) is 0 Å². The van der Waals surface area contributed by atoms with Gasteiger partial charge in [-0.15, -0.1) is 24.0 Å². The van der Waals surface area contributed by atoms with Crippen molar-refractivity contribution in [2.75, 3.05) is 33.3 Å². The van der Waals surface area contributed by atoms with E-state index in [0.29, 0.717) is 17.9 Å². The summed E-state index contributed by atoms with van der Waals surface area (Å²) in [4.78, 5) is 11.1. The van der Waals surface area contributed by atoms with Crippen LogP contribution in [0.2, 0.25) is 0 Å². The topological polar surface area (TPSA) is 75.8 Å². The van der Waals surface area contributed by atoms with E-state index >= 15 is 0 Å². The first-order valence-electron chi connectivity index (χ1n) is 9.03. The largest absolute Gasteiger partial charge is 0.378 e. The number of aromatic nitrogens is 2. The monoisotopic (exact) mass is 465 g/mol. The molecule has 0 aromatic carbocycles. The highest BCUT2D eigenvalue weighted by Crippen LogP contribution is 2.14. The Kier molecular flexibility index (Phi) is 10.3. The van der Waals surface area contributed by atoms with Crippen LogP contribution in [-0.4, -0.2) is 60.4 Å². The smallest absolute Gasteiger partial charge is 0.226 e. The maximum atomic E-state index is 5.70. The van der Waals surface area contributed by atoms with Gasteiger partial charge in [-0.25, -0.2) is 0 Å². The number of rotatable bonds is 7. The van der Waals surface area contributed by atoms with Crippen molar-refractivity contribution in [3.8, 4) is 0 Å². The van der Waals surface area contributed by atoms with Crippen LogP contribution in [0.5, 0.6) is 0 Å². The highest BCUT2D eigenvalue weighted by Gasteiger charge is 2.21. The molecule has 0 saturated carbocycles. The number of nitrogens with one attached hydrogen (secondary N) is 1. The fourth-order valence-corrected chi connectivity index (χ4v) is 2.85. The molecule has 0 unspecified atom stereocenters. The summed E-state index contributed by atoms with van der Waals surface area (Å²) in [5, 5.41) is 7.42. The molecule has 1 saturated heterocycles. The quantitative estimate of drug-likeness (QED) is 0.289. The third-order valence-electron chi connectivity index (χ3n) is 4.21. The second-order valence-electron chi connectivity index (χ2n) is 6.42. The molecular formula is C17H32IN5O2. The minimum atomic E-state index is 0. The number of likely N-dealkylation sites (tertiary alicyclic amines) is 1. The van der Waals surface area contributed by atoms with Crippen LogP contribution < -0.4 is 5.32 Å². The maximum Gasteiger partial charge on any atom is 0.226 e. The number of aliphatic imine (C=N–C) groups is 1. The molecule has 0 amide bonds. The normalized spacial score (nSPS) is 16.2. The number of halogens is 1. The first kappa shape index (κ1) is 22.1. The Morgan fingerprint density at radius 3 is 2.68 bits per heavy atom. The van der Waals surface area contributed by atoms with Gasteiger partial charge in [0.15, 0.2) is 11.8 Å². The van der Waals surface area contributed by atoms with Gasteiger partial charge in [-0.2, -0.15) is 4.98 Å². The summed E-state index contributed by atoms with van der Waals surface area (Å²) in [5.74, 6) is 2.77. The number of hydrogen-bond donors (Lipinski definition) is 1. The predicted molar refractivity (Wildman–Crippen MR) is 110 cm³/mol. The van der Waals surface area contributed by atoms with Crippen LogP contribution in [-0.2, 0) is 11.2 Å². The third kappa shape index (κ3) is 7.08. The summed E-state index contributed by atoms with van der Waals surface area (Å²) in [6, 6.07) is 0. The number of nitrogens with zero attached hydrogens (tertiary/aromatic N) is 4. The molecule has 25 heavy (non-hydrogen) atoms. The van der Waals surface area contributed by atoms with Crippen LogP contribution in [0.25, 0.3) is 0 Å². The maximum absolute atomic E-state index is 5.70. The summed E-state index contributed by atoms with van der Waals surface area (Å²) in [7, 11) is 1.84. The Labute approximate surface area is 168 Å². The number of guanidine groups is 1. The fourth-order valence-electron chi connectivity index (χ4n) is 2.85. The van der Waals surface area contributed by atoms with E-state index in [2.05, 4.69) is 46.1 Å². The molecule has 1 aliphatic rings. The lowest BCUT2D eigenvalue weighted by Gasteiger charge is -2.34. The Morgan fingerprint density at radius 2 is 2.12 bits per heavy atom. The molecule has 8 heteroatoms. The minimum absolute atomic E-state index is 0. The zero-order chi connectivity index (χ0) is 17.4. The lowest BCUT2D eigenvalue weighted by atomic mass is 10.1. The molecule has 1 aromatic heterocycles. The summed E-state index contributed by atoms with van der Waals surface area (Å²) in [5.41, 5.74) is 0. The molecule has 0 spiro atoms. The Balaban J connectivity index is 0.00000312. The van der Waals surface area contributed by atoms with E-state index in [-0.39, 0.29) is 24.0 Å². The Hall–Kier alpha value is -0.900. The molecule has 1 aromatic rings. The molecular weight excluding hydrogens is 433 g/mol. The van der Waals surface area contributed by atoms with Gasteiger partial charge in [-0.1, -0.05) is 19.0 Å². The predicted octanol–water partition coefficient (Wildman–Crippen LogP) is 2.82. The highest BCUT2D eigenvalue weighted by atomic mass is 127. The van der Waals surface area contributed by atoms with Crippen molar-refractivity contribution < 1.29 is 9.26 Å². The first-order valence-corrected chi connectivity index (χ1v) is 9.03. The number of aryl methyl sites for hydroxylation is 1. The van der Waals surface area contributed by atoms with E-state index in [0.717, 1.165) is 63.7 Å². The van der Waals surface area contributed by atoms with Gasteiger partial charge in [0.25, 0.3) is 0 Å². The lowest BCUT2D eigenvalue weighted by molar-refractivity contribution is 0.0264. The molecule has 1 fully saturated rings. The Bertz CT molecular complexity index is 513. The van der Waals surface area contributed by atoms with Crippen molar-refractivity contribution in [3.05, 3.63) is 11.7 Å². The van der Waals surface area contributed by atoms with Crippen molar-refractivity contribution in [1.82, 2.24) is 20.4 Å². The zero-order valence-electron chi connectivity index (χ0n) is 15.8. The van der Waals surface area contributed by atoms with E-state index in [4.69, 9.17) is 9.26 Å². The van der Waals surface area contributed by atoms with Crippen LogP contribution in [0.15, 0.2) is 9.52 Å². The lowest BCUT2D eigenvalue weighted by Crippen LogP contribution is -2.47. The van der Waals surface area contributed by atoms with Crippen molar-refractivity contribution in [3.63, 3.8) is 0 Å². The highest BCUT2D eigenvalue weighted by molar-refractivity contribution is 14.0. The van der Waals surface area contributed by atoms with Crippen LogP contribution >= 0.6 is 24.0 Å². The van der Waals surface area contributed by atoms with Crippen LogP contribution in [0, 0.1) is 0 Å². The number of ether oxygens (including phenoxy) is 1. The van der Waals surface area contributed by atoms with Gasteiger partial charge >= 0.3 is 0 Å². The molecule has 2 rings (SSSR count). The average Bonchev–Trinajstić information content (AvgIpc) is 3.05. The molecule has 1 aliphatic heterocycles. The number of hydrogen-bond acceptors (Lipinski definition) is 5. The zero-order valence-corrected chi connectivity index (χ0v) is 18.2. The first-order chi connectivity index (χ1) is 11.6. The van der Waals surface area contributed by atoms with Gasteiger partial charge in [0.05, 0.1) is 6.10 Å². The second-order valence-corrected chi connectivity index (χ2v) is 6.42. The van der Waals surface area contributed by atoms with Crippen LogP contribution in [0.4, 0.5) is 0 Å². The van der Waals surface area contributed by atoms with Crippen molar-refractivity contribution in [2.45, 2.75) is 58.5 Å². The van der Waals surface area contributed by atoms with E-state index in [1.807, 2.05) is 7.05 Å². The van der Waals surface area contributed by atoms with E-state index in [9.17, 15) is 0 Å². The molecule has 144 valence electrons. The van der Waals surface area contributed by atoms with Gasteiger partial charge < -0.3 is 19.5 Å². The van der Waals surface area contributed by atoms with Crippen LogP contribution in [0.3, 0.4) is 0 Å². The summed E-state index contributed by atoms with van der Waals surface area (Å²) < 4.78 is 11.0. The second kappa shape index (κ2) is 11.7. The van der Waals surface area contributed by atoms with E-state index < -0.39 is 0 Å². The molecule has 7 nitrogen and oxygen atoms in total. The summed E-state index contributed by atoms with van der Waals surface area (Å²) in [6.45, 7) is 9.81. The van der Waals surface area contributed by atoms with Gasteiger partial charge in [0.2, 0.25) is 5.89 Å². The van der Waals surface area contributed by atoms with Gasteiger partial charge in [0, 0.05) is 45.6 Å². The van der Waals surface area contributed by atoms with Crippen molar-refractivity contribution in [1.29, 1.82) is 0 Å². The van der Waals surface area contributed by atoms with Gasteiger partial charge in [-0.05, 0) is 26.2 Å². The fraction of sp³-hybridized carbons (Fsp3) is 0.824. The standard InChI is InChI=1S/C17H31N5O2.HI/c1-5-23-14-8-11-22(12-9-14)17(18-4)19-10-6-7-15-20-16(13(2)3)21-24-15;/h13-14H,5-12H2,1-4H3,(H,18,19);1H. The third-order valence-corrected chi connectivity index (χ3v) is 4.21. The molecule has 0 atom stereocenters. The summed E-state index contributed by atoms with van der Waals surface area (Å²) in [6.07, 6.45) is 4.25. The van der Waals surface area contributed by atoms with Crippen molar-refractivity contribution >= 4 is 29.9 Å². The van der Waals surface area contributed by atoms with E-state index in [1.54, 1.807) is 0 Å². The molecule has 0 aliphatic carbocycles. The number of piperidine rings is 1. The van der Waals surface area contributed by atoms with Crippen molar-refractivity contribution in [2.24, 2.45) is 4.99 Å². The minimum Gasteiger partial charge on any atom is -0.378 e. The average molecular weight is 465 g/mol. The Morgan fingerprint density at radius 1 is 1.40 bits per heavy atom. The molecule has 2 heterocycles. The summed E-state index contributed by atoms with van der Waals surface area (Å²) >= 11 is 0. The van der Waals surface area contributed by atoms with Gasteiger partial charge in [0.1, 0.15) is 0 Å². The molecule has 0 bridgehead atoms. The molecule has 1 N–H and O–H groups in total.